The van der Waals surface area contributed by atoms with Gasteiger partial charge in [-0.25, -0.2) is 4.98 Å². The van der Waals surface area contributed by atoms with Gasteiger partial charge in [-0.1, -0.05) is 41.9 Å². The molecule has 0 aliphatic rings. The number of aromatic nitrogens is 2. The van der Waals surface area contributed by atoms with Gasteiger partial charge in [-0.05, 0) is 40.8 Å². The van der Waals surface area contributed by atoms with Crippen LogP contribution in [-0.2, 0) is 13.1 Å². The molecule has 0 aliphatic carbocycles. The zero-order chi connectivity index (χ0) is 21.6. The van der Waals surface area contributed by atoms with E-state index in [4.69, 9.17) is 11.6 Å². The maximum atomic E-state index is 12.6. The molecule has 8 heteroatoms. The predicted octanol–water partition coefficient (Wildman–Crippen LogP) is 4.83. The highest BCUT2D eigenvalue weighted by atomic mass is 35.5. The van der Waals surface area contributed by atoms with Crippen molar-refractivity contribution >= 4 is 40.4 Å². The van der Waals surface area contributed by atoms with E-state index >= 15 is 0 Å². The number of benzene rings is 2. The summed E-state index contributed by atoms with van der Waals surface area (Å²) in [5.74, 6) is -0.504. The van der Waals surface area contributed by atoms with Gasteiger partial charge in [0.2, 0.25) is 0 Å². The Morgan fingerprint density at radius 3 is 2.55 bits per heavy atom. The van der Waals surface area contributed by atoms with E-state index in [1.54, 1.807) is 42.9 Å². The highest BCUT2D eigenvalue weighted by Crippen LogP contribution is 2.24. The summed E-state index contributed by atoms with van der Waals surface area (Å²) in [6.45, 7) is 1.14. The Balaban J connectivity index is 1.36. The first kappa shape index (κ1) is 20.8. The van der Waals surface area contributed by atoms with Gasteiger partial charge in [-0.3, -0.25) is 9.59 Å². The SMILES string of the molecule is O=C(NCc1ccc(Cn2ccnc2)cc1)c1ccc(Cl)c(NC(=O)c2cccs2)c1. The molecular formula is C23H19ClN4O2S. The number of halogens is 1. The van der Waals surface area contributed by atoms with Gasteiger partial charge in [0.05, 0.1) is 21.9 Å². The summed E-state index contributed by atoms with van der Waals surface area (Å²) in [5, 5.41) is 7.85. The fourth-order valence-electron chi connectivity index (χ4n) is 2.99. The van der Waals surface area contributed by atoms with Crippen molar-refractivity contribution in [1.29, 1.82) is 0 Å². The van der Waals surface area contributed by atoms with Crippen molar-refractivity contribution in [1.82, 2.24) is 14.9 Å². The molecule has 2 N–H and O–H groups in total. The molecule has 4 rings (SSSR count). The second-order valence-corrected chi connectivity index (χ2v) is 8.22. The Labute approximate surface area is 188 Å². The second-order valence-electron chi connectivity index (χ2n) is 6.86. The zero-order valence-corrected chi connectivity index (χ0v) is 18.0. The van der Waals surface area contributed by atoms with Crippen LogP contribution in [-0.4, -0.2) is 21.4 Å². The summed E-state index contributed by atoms with van der Waals surface area (Å²) in [6, 6.07) is 16.4. The van der Waals surface area contributed by atoms with E-state index in [2.05, 4.69) is 15.6 Å². The van der Waals surface area contributed by atoms with Crippen LogP contribution in [0, 0.1) is 0 Å². The van der Waals surface area contributed by atoms with Gasteiger partial charge < -0.3 is 15.2 Å². The van der Waals surface area contributed by atoms with Crippen molar-refractivity contribution in [2.24, 2.45) is 0 Å². The largest absolute Gasteiger partial charge is 0.348 e. The van der Waals surface area contributed by atoms with Crippen LogP contribution < -0.4 is 10.6 Å². The molecule has 156 valence electrons. The molecule has 31 heavy (non-hydrogen) atoms. The zero-order valence-electron chi connectivity index (χ0n) is 16.4. The number of hydrogen-bond acceptors (Lipinski definition) is 4. The molecule has 0 saturated carbocycles. The minimum absolute atomic E-state index is 0.245. The van der Waals surface area contributed by atoms with Crippen molar-refractivity contribution in [3.05, 3.63) is 105 Å². The van der Waals surface area contributed by atoms with E-state index in [1.807, 2.05) is 40.4 Å². The third-order valence-electron chi connectivity index (χ3n) is 4.62. The molecule has 2 amide bonds. The van der Waals surface area contributed by atoms with Crippen molar-refractivity contribution < 1.29 is 9.59 Å². The van der Waals surface area contributed by atoms with Crippen molar-refractivity contribution in [2.75, 3.05) is 5.32 Å². The molecule has 0 spiro atoms. The van der Waals surface area contributed by atoms with Crippen LogP contribution in [0.15, 0.2) is 78.7 Å². The molecular weight excluding hydrogens is 432 g/mol. The Hall–Kier alpha value is -3.42. The lowest BCUT2D eigenvalue weighted by atomic mass is 10.1. The molecule has 0 unspecified atom stereocenters. The van der Waals surface area contributed by atoms with Gasteiger partial charge in [-0.15, -0.1) is 11.3 Å². The number of thiophene rings is 1. The Morgan fingerprint density at radius 2 is 1.84 bits per heavy atom. The van der Waals surface area contributed by atoms with E-state index in [-0.39, 0.29) is 11.8 Å². The van der Waals surface area contributed by atoms with Crippen LogP contribution in [0.1, 0.15) is 31.2 Å². The predicted molar refractivity (Wildman–Crippen MR) is 123 cm³/mol. The lowest BCUT2D eigenvalue weighted by Crippen LogP contribution is -2.23. The van der Waals surface area contributed by atoms with Crippen LogP contribution in [0.25, 0.3) is 0 Å². The molecule has 2 aromatic carbocycles. The summed E-state index contributed by atoms with van der Waals surface area (Å²) in [4.78, 5) is 29.5. The quantitative estimate of drug-likeness (QED) is 0.423. The molecule has 0 atom stereocenters. The molecule has 0 bridgehead atoms. The fraction of sp³-hybridized carbons (Fsp3) is 0.0870. The number of anilines is 1. The van der Waals surface area contributed by atoms with Crippen LogP contribution in [0.3, 0.4) is 0 Å². The number of carbonyl (C=O) groups excluding carboxylic acids is 2. The van der Waals surface area contributed by atoms with E-state index < -0.39 is 0 Å². The van der Waals surface area contributed by atoms with Gasteiger partial charge >= 0.3 is 0 Å². The van der Waals surface area contributed by atoms with Gasteiger partial charge in [0.1, 0.15) is 0 Å². The molecule has 2 aromatic heterocycles. The third-order valence-corrected chi connectivity index (χ3v) is 5.82. The number of rotatable bonds is 7. The first-order valence-corrected chi connectivity index (χ1v) is 10.8. The molecule has 0 aliphatic heterocycles. The maximum absolute atomic E-state index is 12.6. The standard InChI is InChI=1S/C23H19ClN4O2S/c24-19-8-7-18(12-20(19)27-23(30)21-2-1-11-31-21)22(29)26-13-16-3-5-17(6-4-16)14-28-10-9-25-15-28/h1-12,15H,13-14H2,(H,26,29)(H,27,30). The van der Waals surface area contributed by atoms with Crippen LogP contribution in [0.2, 0.25) is 5.02 Å². The van der Waals surface area contributed by atoms with E-state index in [0.717, 1.165) is 17.7 Å². The summed E-state index contributed by atoms with van der Waals surface area (Å²) >= 11 is 7.53. The lowest BCUT2D eigenvalue weighted by molar-refractivity contribution is 0.0949. The highest BCUT2D eigenvalue weighted by molar-refractivity contribution is 7.12. The minimum Gasteiger partial charge on any atom is -0.348 e. The molecule has 0 radical (unpaired) electrons. The fourth-order valence-corrected chi connectivity index (χ4v) is 3.78. The number of imidazole rings is 1. The van der Waals surface area contributed by atoms with Crippen molar-refractivity contribution in [3.8, 4) is 0 Å². The number of carbonyl (C=O) groups is 2. The molecule has 0 fully saturated rings. The summed E-state index contributed by atoms with van der Waals surface area (Å²) < 4.78 is 1.99. The number of amides is 2. The summed E-state index contributed by atoms with van der Waals surface area (Å²) in [7, 11) is 0. The minimum atomic E-state index is -0.259. The van der Waals surface area contributed by atoms with Crippen LogP contribution >= 0.6 is 22.9 Å². The molecule has 6 nitrogen and oxygen atoms in total. The first-order valence-electron chi connectivity index (χ1n) is 9.54. The Kier molecular flexibility index (Phi) is 6.45. The summed E-state index contributed by atoms with van der Waals surface area (Å²) in [6.07, 6.45) is 5.44. The smallest absolute Gasteiger partial charge is 0.265 e. The number of nitrogens with one attached hydrogen (secondary N) is 2. The van der Waals surface area contributed by atoms with Crippen molar-refractivity contribution in [2.45, 2.75) is 13.1 Å². The third kappa shape index (κ3) is 5.39. The van der Waals surface area contributed by atoms with Crippen LogP contribution in [0.5, 0.6) is 0 Å². The number of nitrogens with zero attached hydrogens (tertiary/aromatic N) is 2. The lowest BCUT2D eigenvalue weighted by Gasteiger charge is -2.10. The van der Waals surface area contributed by atoms with E-state index in [9.17, 15) is 9.59 Å². The van der Waals surface area contributed by atoms with Crippen molar-refractivity contribution in [3.63, 3.8) is 0 Å². The highest BCUT2D eigenvalue weighted by Gasteiger charge is 2.13. The van der Waals surface area contributed by atoms with E-state index in [1.165, 1.54) is 11.3 Å². The second kappa shape index (κ2) is 9.59. The van der Waals surface area contributed by atoms with E-state index in [0.29, 0.717) is 27.7 Å². The Morgan fingerprint density at radius 1 is 1.03 bits per heavy atom. The molecule has 0 saturated heterocycles. The normalized spacial score (nSPS) is 10.6. The average Bonchev–Trinajstić information content (AvgIpc) is 3.49. The average molecular weight is 451 g/mol. The number of hydrogen-bond donors (Lipinski definition) is 2. The maximum Gasteiger partial charge on any atom is 0.265 e. The first-order chi connectivity index (χ1) is 15.1. The monoisotopic (exact) mass is 450 g/mol. The van der Waals surface area contributed by atoms with Gasteiger partial charge in [0.25, 0.3) is 11.8 Å². The molecule has 4 aromatic rings. The topological polar surface area (TPSA) is 76.0 Å². The van der Waals surface area contributed by atoms with Gasteiger partial charge in [0, 0.05) is 31.0 Å². The van der Waals surface area contributed by atoms with Gasteiger partial charge in [0.15, 0.2) is 0 Å². The molecule has 2 heterocycles. The Bertz CT molecular complexity index is 1170. The summed E-state index contributed by atoms with van der Waals surface area (Å²) in [5.41, 5.74) is 2.96. The van der Waals surface area contributed by atoms with Gasteiger partial charge in [-0.2, -0.15) is 0 Å². The van der Waals surface area contributed by atoms with Crippen LogP contribution in [0.4, 0.5) is 5.69 Å².